The Hall–Kier alpha value is -2.80. The zero-order valence-electron chi connectivity index (χ0n) is 19.7. The van der Waals surface area contributed by atoms with E-state index < -0.39 is 6.35 Å². The molecule has 1 saturated heterocycles. The summed E-state index contributed by atoms with van der Waals surface area (Å²) in [6.07, 6.45) is 8.87. The minimum atomic E-state index is -0.708. The molecule has 6 nitrogen and oxygen atoms in total. The molecular weight excluding hydrogens is 410 g/mol. The van der Waals surface area contributed by atoms with Crippen molar-refractivity contribution in [2.75, 3.05) is 25.5 Å². The number of nitrogens with zero attached hydrogens (tertiary/aromatic N) is 4. The zero-order chi connectivity index (χ0) is 23.1. The second kappa shape index (κ2) is 8.52. The highest BCUT2D eigenvalue weighted by Crippen LogP contribution is 2.46. The van der Waals surface area contributed by atoms with Crippen LogP contribution in [0.25, 0.3) is 11.3 Å². The van der Waals surface area contributed by atoms with Crippen LogP contribution in [0.5, 0.6) is 0 Å². The van der Waals surface area contributed by atoms with Crippen LogP contribution in [0.4, 0.5) is 5.69 Å². The van der Waals surface area contributed by atoms with Gasteiger partial charge in [-0.25, -0.2) is 0 Å². The van der Waals surface area contributed by atoms with Gasteiger partial charge in [-0.05, 0) is 76.0 Å². The number of aryl methyl sites for hydroxylation is 1. The van der Waals surface area contributed by atoms with E-state index in [1.165, 1.54) is 5.56 Å². The van der Waals surface area contributed by atoms with Gasteiger partial charge in [-0.15, -0.1) is 0 Å². The number of benzene rings is 1. The highest BCUT2D eigenvalue weighted by molar-refractivity contribution is 5.64. The quantitative estimate of drug-likeness (QED) is 0.638. The molecular formula is C27H33N5O. The molecule has 1 spiro atoms. The molecule has 2 aliphatic rings. The maximum atomic E-state index is 11.0. The number of hydrogen-bond acceptors (Lipinski definition) is 6. The molecule has 1 aliphatic carbocycles. The molecule has 5 rings (SSSR count). The monoisotopic (exact) mass is 443 g/mol. The van der Waals surface area contributed by atoms with Gasteiger partial charge in [0, 0.05) is 35.6 Å². The van der Waals surface area contributed by atoms with Gasteiger partial charge in [0.15, 0.2) is 6.35 Å². The Labute approximate surface area is 196 Å². The number of aliphatic hydroxyl groups excluding tert-OH is 1. The third-order valence-corrected chi connectivity index (χ3v) is 7.77. The Bertz CT molecular complexity index is 1090. The Morgan fingerprint density at radius 1 is 1.03 bits per heavy atom. The maximum absolute atomic E-state index is 11.0. The number of pyridine rings is 2. The van der Waals surface area contributed by atoms with E-state index in [1.54, 1.807) is 12.4 Å². The Morgan fingerprint density at radius 3 is 2.36 bits per heavy atom. The number of rotatable bonds is 4. The van der Waals surface area contributed by atoms with Crippen LogP contribution in [0, 0.1) is 6.92 Å². The van der Waals surface area contributed by atoms with Crippen LogP contribution in [-0.4, -0.2) is 52.5 Å². The predicted molar refractivity (Wildman–Crippen MR) is 132 cm³/mol. The minimum Gasteiger partial charge on any atom is -0.361 e. The summed E-state index contributed by atoms with van der Waals surface area (Å²) >= 11 is 0. The van der Waals surface area contributed by atoms with E-state index in [2.05, 4.69) is 77.5 Å². The first-order valence-electron chi connectivity index (χ1n) is 11.7. The van der Waals surface area contributed by atoms with Gasteiger partial charge in [-0.2, -0.15) is 0 Å². The molecule has 1 saturated carbocycles. The van der Waals surface area contributed by atoms with Crippen molar-refractivity contribution < 1.29 is 5.11 Å². The molecule has 172 valence electrons. The van der Waals surface area contributed by atoms with Gasteiger partial charge < -0.3 is 10.0 Å². The zero-order valence-corrected chi connectivity index (χ0v) is 19.7. The Morgan fingerprint density at radius 2 is 1.73 bits per heavy atom. The fourth-order valence-corrected chi connectivity index (χ4v) is 5.74. The molecule has 3 aromatic rings. The molecule has 1 unspecified atom stereocenters. The summed E-state index contributed by atoms with van der Waals surface area (Å²) in [4.78, 5) is 13.2. The van der Waals surface area contributed by atoms with Crippen LogP contribution in [0.1, 0.15) is 36.8 Å². The van der Waals surface area contributed by atoms with E-state index in [4.69, 9.17) is 4.98 Å². The third kappa shape index (κ3) is 3.92. The van der Waals surface area contributed by atoms with Gasteiger partial charge in [0.25, 0.3) is 0 Å². The first kappa shape index (κ1) is 22.0. The van der Waals surface area contributed by atoms with Crippen molar-refractivity contribution in [1.82, 2.24) is 20.2 Å². The lowest BCUT2D eigenvalue weighted by Crippen LogP contribution is -2.54. The lowest BCUT2D eigenvalue weighted by Gasteiger charge is -2.49. The topological polar surface area (TPSA) is 64.5 Å². The van der Waals surface area contributed by atoms with Gasteiger partial charge in [0.1, 0.15) is 0 Å². The van der Waals surface area contributed by atoms with E-state index >= 15 is 0 Å². The average molecular weight is 444 g/mol. The van der Waals surface area contributed by atoms with Gasteiger partial charge >= 0.3 is 0 Å². The number of nitrogens with one attached hydrogen (secondary N) is 1. The lowest BCUT2D eigenvalue weighted by atomic mass is 9.69. The lowest BCUT2D eigenvalue weighted by molar-refractivity contribution is 0.0513. The number of hydrogen-bond donors (Lipinski definition) is 2. The SMILES string of the molecule is Cc1cc(-c2ccncc2)ncc1N1CC2(CCC(c3ccccc3)(N(C)C)CC2)NC1O. The largest absolute Gasteiger partial charge is 0.361 e. The van der Waals surface area contributed by atoms with Crippen LogP contribution < -0.4 is 10.2 Å². The summed E-state index contributed by atoms with van der Waals surface area (Å²) < 4.78 is 0. The fraction of sp³-hybridized carbons (Fsp3) is 0.407. The molecule has 0 amide bonds. The summed E-state index contributed by atoms with van der Waals surface area (Å²) in [6.45, 7) is 2.87. The van der Waals surface area contributed by atoms with E-state index in [9.17, 15) is 5.11 Å². The normalized spacial score (nSPS) is 27.4. The molecule has 0 radical (unpaired) electrons. The highest BCUT2D eigenvalue weighted by atomic mass is 16.3. The third-order valence-electron chi connectivity index (χ3n) is 7.77. The average Bonchev–Trinajstić information content (AvgIpc) is 3.16. The van der Waals surface area contributed by atoms with Crippen molar-refractivity contribution in [3.8, 4) is 11.3 Å². The van der Waals surface area contributed by atoms with Crippen LogP contribution in [0.15, 0.2) is 67.1 Å². The van der Waals surface area contributed by atoms with Crippen molar-refractivity contribution in [3.05, 3.63) is 78.2 Å². The van der Waals surface area contributed by atoms with E-state index in [0.29, 0.717) is 0 Å². The van der Waals surface area contributed by atoms with E-state index in [1.807, 2.05) is 18.3 Å². The van der Waals surface area contributed by atoms with Gasteiger partial charge in [0.05, 0.1) is 17.6 Å². The predicted octanol–water partition coefficient (Wildman–Crippen LogP) is 3.91. The number of anilines is 1. The summed E-state index contributed by atoms with van der Waals surface area (Å²) in [5.41, 5.74) is 5.39. The second-order valence-electron chi connectivity index (χ2n) is 9.81. The summed E-state index contributed by atoms with van der Waals surface area (Å²) in [7, 11) is 4.38. The van der Waals surface area contributed by atoms with Gasteiger partial charge in [-0.1, -0.05) is 30.3 Å². The van der Waals surface area contributed by atoms with Crippen LogP contribution in [0.2, 0.25) is 0 Å². The van der Waals surface area contributed by atoms with Crippen molar-refractivity contribution in [2.24, 2.45) is 0 Å². The first-order valence-corrected chi connectivity index (χ1v) is 11.7. The molecule has 2 fully saturated rings. The molecule has 33 heavy (non-hydrogen) atoms. The smallest absolute Gasteiger partial charge is 0.184 e. The standard InChI is InChI=1S/C27H33N5O/c1-20-17-23(21-9-15-28-16-10-21)29-18-24(20)32-19-26(30-25(32)33)11-13-27(14-12-26,31(2)3)22-7-5-4-6-8-22/h4-10,15-18,25,30,33H,11-14,19H2,1-3H3. The molecule has 6 heteroatoms. The molecule has 2 N–H and O–H groups in total. The second-order valence-corrected chi connectivity index (χ2v) is 9.81. The highest BCUT2D eigenvalue weighted by Gasteiger charge is 2.50. The van der Waals surface area contributed by atoms with Crippen molar-refractivity contribution in [3.63, 3.8) is 0 Å². The molecule has 3 heterocycles. The molecule has 2 aromatic heterocycles. The molecule has 1 atom stereocenters. The van der Waals surface area contributed by atoms with Crippen molar-refractivity contribution in [1.29, 1.82) is 0 Å². The minimum absolute atomic E-state index is 0.0379. The van der Waals surface area contributed by atoms with Gasteiger partial charge in [-0.3, -0.25) is 20.2 Å². The maximum Gasteiger partial charge on any atom is 0.184 e. The number of aliphatic hydroxyl groups is 1. The first-order chi connectivity index (χ1) is 15.9. The van der Waals surface area contributed by atoms with E-state index in [-0.39, 0.29) is 11.1 Å². The Balaban J connectivity index is 1.36. The fourth-order valence-electron chi connectivity index (χ4n) is 5.74. The summed E-state index contributed by atoms with van der Waals surface area (Å²) in [5.74, 6) is 0. The Kier molecular flexibility index (Phi) is 5.69. The van der Waals surface area contributed by atoms with Crippen LogP contribution >= 0.6 is 0 Å². The molecule has 1 aliphatic heterocycles. The summed E-state index contributed by atoms with van der Waals surface area (Å²) in [6, 6.07) is 16.9. The number of aromatic nitrogens is 2. The van der Waals surface area contributed by atoms with Crippen molar-refractivity contribution in [2.45, 2.75) is 50.0 Å². The summed E-state index contributed by atoms with van der Waals surface area (Å²) in [5, 5.41) is 14.5. The van der Waals surface area contributed by atoms with Crippen LogP contribution in [-0.2, 0) is 5.54 Å². The van der Waals surface area contributed by atoms with Crippen molar-refractivity contribution >= 4 is 5.69 Å². The molecule has 1 aromatic carbocycles. The van der Waals surface area contributed by atoms with E-state index in [0.717, 1.165) is 54.7 Å². The van der Waals surface area contributed by atoms with Crippen LogP contribution in [0.3, 0.4) is 0 Å². The molecule has 0 bridgehead atoms. The van der Waals surface area contributed by atoms with Gasteiger partial charge in [0.2, 0.25) is 0 Å².